The first-order valence-corrected chi connectivity index (χ1v) is 8.14. The first kappa shape index (κ1) is 21.1. The summed E-state index contributed by atoms with van der Waals surface area (Å²) in [4.78, 5) is 4.21. The summed E-state index contributed by atoms with van der Waals surface area (Å²) in [6, 6.07) is 11.7. The summed E-state index contributed by atoms with van der Waals surface area (Å²) in [6.45, 7) is 3.18. The maximum absolute atomic E-state index is 5.71. The Balaban J connectivity index is 0.00000312. The lowest BCUT2D eigenvalue weighted by Gasteiger charge is -2.12. The predicted molar refractivity (Wildman–Crippen MR) is 112 cm³/mol. The molecule has 2 aromatic rings. The molecular formula is C18H27IN4O2. The number of aliphatic imine (C=N–C) groups is 1. The second-order valence-corrected chi connectivity index (χ2v) is 5.23. The number of methoxy groups -OCH3 is 1. The molecule has 2 rings (SSSR count). The third-order valence-electron chi connectivity index (χ3n) is 3.48. The first-order valence-electron chi connectivity index (χ1n) is 8.14. The molecule has 0 radical (unpaired) electrons. The van der Waals surface area contributed by atoms with Gasteiger partial charge in [-0.05, 0) is 30.7 Å². The molecule has 0 aliphatic rings. The number of aromatic nitrogens is 1. The molecule has 0 aliphatic heterocycles. The zero-order valence-electron chi connectivity index (χ0n) is 14.8. The van der Waals surface area contributed by atoms with Gasteiger partial charge in [0.1, 0.15) is 11.5 Å². The molecule has 25 heavy (non-hydrogen) atoms. The molecule has 7 heteroatoms. The zero-order chi connectivity index (χ0) is 17.0. The van der Waals surface area contributed by atoms with Crippen molar-refractivity contribution in [1.29, 1.82) is 0 Å². The molecule has 0 saturated carbocycles. The number of rotatable bonds is 9. The number of guanidine groups is 1. The van der Waals surface area contributed by atoms with Gasteiger partial charge in [0.25, 0.3) is 0 Å². The lowest BCUT2D eigenvalue weighted by Crippen LogP contribution is -2.39. The second kappa shape index (κ2) is 12.5. The van der Waals surface area contributed by atoms with Crippen LogP contribution < -0.4 is 20.1 Å². The molecule has 0 amide bonds. The first-order chi connectivity index (χ1) is 11.8. The fourth-order valence-electron chi connectivity index (χ4n) is 2.20. The van der Waals surface area contributed by atoms with E-state index in [1.165, 1.54) is 0 Å². The van der Waals surface area contributed by atoms with E-state index in [0.29, 0.717) is 6.61 Å². The summed E-state index contributed by atoms with van der Waals surface area (Å²) < 4.78 is 13.0. The van der Waals surface area contributed by atoms with E-state index < -0.39 is 0 Å². The van der Waals surface area contributed by atoms with E-state index in [1.54, 1.807) is 14.2 Å². The van der Waals surface area contributed by atoms with Crippen LogP contribution in [0.5, 0.6) is 11.5 Å². The van der Waals surface area contributed by atoms with Crippen molar-refractivity contribution in [3.05, 3.63) is 48.8 Å². The minimum Gasteiger partial charge on any atom is -0.497 e. The smallest absolute Gasteiger partial charge is 0.191 e. The quantitative estimate of drug-likeness (QED) is 0.263. The van der Waals surface area contributed by atoms with Gasteiger partial charge in [0, 0.05) is 45.1 Å². The van der Waals surface area contributed by atoms with Crippen LogP contribution in [0.2, 0.25) is 0 Å². The summed E-state index contributed by atoms with van der Waals surface area (Å²) in [5, 5.41) is 6.58. The van der Waals surface area contributed by atoms with E-state index in [9.17, 15) is 0 Å². The molecular weight excluding hydrogens is 431 g/mol. The van der Waals surface area contributed by atoms with Gasteiger partial charge in [0.2, 0.25) is 0 Å². The number of ether oxygens (including phenoxy) is 2. The molecule has 0 aliphatic carbocycles. The Morgan fingerprint density at radius 2 is 1.80 bits per heavy atom. The van der Waals surface area contributed by atoms with E-state index in [4.69, 9.17) is 9.47 Å². The number of hydrogen-bond donors (Lipinski definition) is 2. The Morgan fingerprint density at radius 1 is 1.08 bits per heavy atom. The number of benzene rings is 1. The van der Waals surface area contributed by atoms with Gasteiger partial charge in [-0.3, -0.25) is 4.99 Å². The largest absolute Gasteiger partial charge is 0.497 e. The number of nitrogens with one attached hydrogen (secondary N) is 2. The lowest BCUT2D eigenvalue weighted by molar-refractivity contribution is 0.308. The Bertz CT molecular complexity index is 617. The Kier molecular flexibility index (Phi) is 10.5. The highest BCUT2D eigenvalue weighted by Gasteiger charge is 1.99. The van der Waals surface area contributed by atoms with E-state index in [1.807, 2.05) is 48.8 Å². The van der Waals surface area contributed by atoms with Gasteiger partial charge in [-0.15, -0.1) is 24.0 Å². The molecule has 0 bridgehead atoms. The molecule has 138 valence electrons. The van der Waals surface area contributed by atoms with Crippen LogP contribution in [0, 0.1) is 0 Å². The van der Waals surface area contributed by atoms with E-state index >= 15 is 0 Å². The van der Waals surface area contributed by atoms with E-state index in [0.717, 1.165) is 43.5 Å². The molecule has 1 aromatic heterocycles. The van der Waals surface area contributed by atoms with Crippen LogP contribution in [0.25, 0.3) is 0 Å². The van der Waals surface area contributed by atoms with Crippen molar-refractivity contribution in [2.75, 3.05) is 33.9 Å². The van der Waals surface area contributed by atoms with E-state index in [2.05, 4.69) is 20.2 Å². The van der Waals surface area contributed by atoms with Crippen molar-refractivity contribution in [2.45, 2.75) is 13.0 Å². The predicted octanol–water partition coefficient (Wildman–Crippen LogP) is 2.75. The van der Waals surface area contributed by atoms with Gasteiger partial charge in [-0.1, -0.05) is 6.07 Å². The Labute approximate surface area is 166 Å². The normalized spacial score (nSPS) is 10.7. The molecule has 0 unspecified atom stereocenters. The number of halogens is 1. The van der Waals surface area contributed by atoms with Crippen molar-refractivity contribution < 1.29 is 9.47 Å². The van der Waals surface area contributed by atoms with Crippen LogP contribution in [0.3, 0.4) is 0 Å². The molecule has 0 saturated heterocycles. The number of hydrogen-bond acceptors (Lipinski definition) is 3. The van der Waals surface area contributed by atoms with Crippen LogP contribution in [0.1, 0.15) is 6.42 Å². The second-order valence-electron chi connectivity index (χ2n) is 5.23. The minimum absolute atomic E-state index is 0. The Morgan fingerprint density at radius 3 is 2.52 bits per heavy atom. The minimum atomic E-state index is 0. The highest BCUT2D eigenvalue weighted by atomic mass is 127. The maximum atomic E-state index is 5.71. The van der Waals surface area contributed by atoms with Gasteiger partial charge in [-0.2, -0.15) is 0 Å². The third kappa shape index (κ3) is 8.15. The van der Waals surface area contributed by atoms with E-state index in [-0.39, 0.29) is 24.0 Å². The van der Waals surface area contributed by atoms with Crippen molar-refractivity contribution >= 4 is 29.9 Å². The molecule has 6 nitrogen and oxygen atoms in total. The highest BCUT2D eigenvalue weighted by molar-refractivity contribution is 14.0. The fraction of sp³-hybridized carbons (Fsp3) is 0.389. The van der Waals surface area contributed by atoms with Crippen molar-refractivity contribution in [3.8, 4) is 11.5 Å². The maximum Gasteiger partial charge on any atom is 0.191 e. The summed E-state index contributed by atoms with van der Waals surface area (Å²) in [5.74, 6) is 2.44. The monoisotopic (exact) mass is 458 g/mol. The van der Waals surface area contributed by atoms with Crippen molar-refractivity contribution in [1.82, 2.24) is 15.2 Å². The van der Waals surface area contributed by atoms with Gasteiger partial charge in [-0.25, -0.2) is 0 Å². The molecule has 2 N–H and O–H groups in total. The fourth-order valence-corrected chi connectivity index (χ4v) is 2.20. The van der Waals surface area contributed by atoms with Crippen LogP contribution >= 0.6 is 24.0 Å². The van der Waals surface area contributed by atoms with Gasteiger partial charge < -0.3 is 24.7 Å². The van der Waals surface area contributed by atoms with Crippen LogP contribution in [0.4, 0.5) is 0 Å². The average molecular weight is 458 g/mol. The molecule has 1 heterocycles. The number of nitrogens with zero attached hydrogens (tertiary/aromatic N) is 2. The molecule has 0 atom stereocenters. The zero-order valence-corrected chi connectivity index (χ0v) is 17.1. The van der Waals surface area contributed by atoms with Crippen molar-refractivity contribution in [3.63, 3.8) is 0 Å². The lowest BCUT2D eigenvalue weighted by atomic mass is 10.3. The van der Waals surface area contributed by atoms with Gasteiger partial charge in [0.15, 0.2) is 5.96 Å². The SMILES string of the molecule is CN=C(NCCCOc1cccc(OC)c1)NCCn1cccc1.I. The molecule has 0 spiro atoms. The molecule has 1 aromatic carbocycles. The Hall–Kier alpha value is -1.90. The topological polar surface area (TPSA) is 59.8 Å². The average Bonchev–Trinajstić information content (AvgIpc) is 3.13. The van der Waals surface area contributed by atoms with Gasteiger partial charge >= 0.3 is 0 Å². The van der Waals surface area contributed by atoms with Crippen LogP contribution in [-0.4, -0.2) is 44.4 Å². The third-order valence-corrected chi connectivity index (χ3v) is 3.48. The van der Waals surface area contributed by atoms with Crippen LogP contribution in [0.15, 0.2) is 53.8 Å². The van der Waals surface area contributed by atoms with Crippen LogP contribution in [-0.2, 0) is 6.54 Å². The summed E-state index contributed by atoms with van der Waals surface area (Å²) >= 11 is 0. The highest BCUT2D eigenvalue weighted by Crippen LogP contribution is 2.18. The molecule has 0 fully saturated rings. The van der Waals surface area contributed by atoms with Gasteiger partial charge in [0.05, 0.1) is 13.7 Å². The summed E-state index contributed by atoms with van der Waals surface area (Å²) in [5.41, 5.74) is 0. The summed E-state index contributed by atoms with van der Waals surface area (Å²) in [6.07, 6.45) is 4.98. The standard InChI is InChI=1S/C18H26N4O2.HI/c1-19-18(21-10-13-22-11-3-4-12-22)20-9-6-14-24-17-8-5-7-16(15-17)23-2;/h3-5,7-8,11-12,15H,6,9-10,13-14H2,1-2H3,(H2,19,20,21);1H. The summed E-state index contributed by atoms with van der Waals surface area (Å²) in [7, 11) is 3.43. The van der Waals surface area contributed by atoms with Crippen molar-refractivity contribution in [2.24, 2.45) is 4.99 Å².